The van der Waals surface area contributed by atoms with Gasteiger partial charge in [-0.3, -0.25) is 14.4 Å². The van der Waals surface area contributed by atoms with E-state index in [2.05, 4.69) is 5.32 Å². The Labute approximate surface area is 140 Å². The summed E-state index contributed by atoms with van der Waals surface area (Å²) in [5.74, 6) is -0.747. The number of hydrogen-bond donors (Lipinski definition) is 1. The van der Waals surface area contributed by atoms with Crippen LogP contribution in [0.3, 0.4) is 0 Å². The monoisotopic (exact) mass is 325 g/mol. The minimum atomic E-state index is -0.536. The van der Waals surface area contributed by atoms with Gasteiger partial charge in [0.2, 0.25) is 0 Å². The van der Waals surface area contributed by atoms with E-state index >= 15 is 0 Å². The highest BCUT2D eigenvalue weighted by Gasteiger charge is 2.20. The number of carbonyl (C=O) groups is 3. The van der Waals surface area contributed by atoms with Crippen LogP contribution in [0.1, 0.15) is 45.7 Å². The van der Waals surface area contributed by atoms with Crippen molar-refractivity contribution in [1.82, 2.24) is 5.32 Å². The summed E-state index contributed by atoms with van der Waals surface area (Å²) in [7, 11) is 1.30. The molecule has 1 amide bonds. The third kappa shape index (κ3) is 4.52. The SMILES string of the molecule is COC(=O)CC(NC(=O)c1ccccc1)c1ccc(C(C)=O)cc1. The van der Waals surface area contributed by atoms with Gasteiger partial charge in [-0.05, 0) is 24.6 Å². The topological polar surface area (TPSA) is 72.5 Å². The van der Waals surface area contributed by atoms with Gasteiger partial charge >= 0.3 is 5.97 Å². The Morgan fingerprint density at radius 3 is 2.12 bits per heavy atom. The molecule has 2 rings (SSSR count). The van der Waals surface area contributed by atoms with Gasteiger partial charge in [0.25, 0.3) is 5.91 Å². The van der Waals surface area contributed by atoms with Crippen LogP contribution in [0.25, 0.3) is 0 Å². The lowest BCUT2D eigenvalue weighted by Gasteiger charge is -2.18. The summed E-state index contributed by atoms with van der Waals surface area (Å²) >= 11 is 0. The molecule has 0 radical (unpaired) electrons. The molecule has 1 N–H and O–H groups in total. The molecule has 1 unspecified atom stereocenters. The normalized spacial score (nSPS) is 11.4. The summed E-state index contributed by atoms with van der Waals surface area (Å²) in [6, 6.07) is 15.0. The van der Waals surface area contributed by atoms with Crippen LogP contribution in [-0.4, -0.2) is 24.8 Å². The fraction of sp³-hybridized carbons (Fsp3) is 0.211. The first-order valence-electron chi connectivity index (χ1n) is 7.55. The van der Waals surface area contributed by atoms with Crippen molar-refractivity contribution in [2.24, 2.45) is 0 Å². The molecule has 0 fully saturated rings. The molecule has 0 saturated heterocycles. The lowest BCUT2D eigenvalue weighted by atomic mass is 10.0. The zero-order valence-corrected chi connectivity index (χ0v) is 13.6. The Bertz CT molecular complexity index is 723. The number of esters is 1. The molecule has 5 nitrogen and oxygen atoms in total. The number of ketones is 1. The van der Waals surface area contributed by atoms with Gasteiger partial charge in [-0.1, -0.05) is 42.5 Å². The number of Topliss-reactive ketones (excluding diaryl/α,β-unsaturated/α-hetero) is 1. The summed E-state index contributed by atoms with van der Waals surface area (Å²) < 4.78 is 4.71. The number of ether oxygens (including phenoxy) is 1. The molecule has 0 heterocycles. The molecular formula is C19H19NO4. The van der Waals surface area contributed by atoms with E-state index in [1.807, 2.05) is 6.07 Å². The lowest BCUT2D eigenvalue weighted by Crippen LogP contribution is -2.30. The maximum absolute atomic E-state index is 12.4. The summed E-state index contributed by atoms with van der Waals surface area (Å²) in [6.07, 6.45) is 0.00842. The van der Waals surface area contributed by atoms with Crippen molar-refractivity contribution in [3.05, 3.63) is 71.3 Å². The minimum absolute atomic E-state index is 0.00842. The third-order valence-corrected chi connectivity index (χ3v) is 3.66. The molecule has 0 aliphatic rings. The fourth-order valence-electron chi connectivity index (χ4n) is 2.28. The summed E-state index contributed by atoms with van der Waals surface area (Å²) in [5, 5.41) is 2.84. The second kappa shape index (κ2) is 8.06. The number of methoxy groups -OCH3 is 1. The van der Waals surface area contributed by atoms with Gasteiger partial charge in [0, 0.05) is 11.1 Å². The molecule has 1 atom stereocenters. The highest BCUT2D eigenvalue weighted by Crippen LogP contribution is 2.19. The molecule has 124 valence electrons. The van der Waals surface area contributed by atoms with Crippen molar-refractivity contribution in [3.8, 4) is 0 Å². The van der Waals surface area contributed by atoms with Crippen LogP contribution in [0, 0.1) is 0 Å². The maximum Gasteiger partial charge on any atom is 0.307 e. The zero-order chi connectivity index (χ0) is 17.5. The van der Waals surface area contributed by atoms with Crippen LogP contribution >= 0.6 is 0 Å². The number of benzene rings is 2. The summed E-state index contributed by atoms with van der Waals surface area (Å²) in [5.41, 5.74) is 1.81. The maximum atomic E-state index is 12.4. The van der Waals surface area contributed by atoms with Crippen molar-refractivity contribution in [2.45, 2.75) is 19.4 Å². The number of carbonyl (C=O) groups excluding carboxylic acids is 3. The fourth-order valence-corrected chi connectivity index (χ4v) is 2.28. The molecule has 0 saturated carbocycles. The Kier molecular flexibility index (Phi) is 5.84. The Morgan fingerprint density at radius 2 is 1.58 bits per heavy atom. The van der Waals surface area contributed by atoms with Crippen LogP contribution in [0.4, 0.5) is 0 Å². The van der Waals surface area contributed by atoms with E-state index < -0.39 is 12.0 Å². The van der Waals surface area contributed by atoms with Crippen molar-refractivity contribution in [2.75, 3.05) is 7.11 Å². The Hall–Kier alpha value is -2.95. The van der Waals surface area contributed by atoms with Gasteiger partial charge in [-0.2, -0.15) is 0 Å². The number of amides is 1. The number of nitrogens with one attached hydrogen (secondary N) is 1. The summed E-state index contributed by atoms with van der Waals surface area (Å²) in [6.45, 7) is 1.48. The minimum Gasteiger partial charge on any atom is -0.469 e. The van der Waals surface area contributed by atoms with Crippen molar-refractivity contribution < 1.29 is 19.1 Å². The van der Waals surface area contributed by atoms with Gasteiger partial charge in [-0.25, -0.2) is 0 Å². The molecular weight excluding hydrogens is 306 g/mol. The lowest BCUT2D eigenvalue weighted by molar-refractivity contribution is -0.141. The van der Waals surface area contributed by atoms with Crippen molar-refractivity contribution in [1.29, 1.82) is 0 Å². The molecule has 0 aromatic heterocycles. The van der Waals surface area contributed by atoms with E-state index in [1.54, 1.807) is 48.5 Å². The number of rotatable bonds is 6. The van der Waals surface area contributed by atoms with Crippen molar-refractivity contribution >= 4 is 17.7 Å². The highest BCUT2D eigenvalue weighted by atomic mass is 16.5. The largest absolute Gasteiger partial charge is 0.469 e. The van der Waals surface area contributed by atoms with E-state index in [0.29, 0.717) is 11.1 Å². The van der Waals surface area contributed by atoms with Crippen LogP contribution < -0.4 is 5.32 Å². The van der Waals surface area contributed by atoms with Crippen molar-refractivity contribution in [3.63, 3.8) is 0 Å². The molecule has 0 spiro atoms. The first kappa shape index (κ1) is 17.4. The molecule has 0 bridgehead atoms. The molecule has 24 heavy (non-hydrogen) atoms. The molecule has 2 aromatic carbocycles. The summed E-state index contributed by atoms with van der Waals surface area (Å²) in [4.78, 5) is 35.4. The van der Waals surface area contributed by atoms with Gasteiger partial charge in [0.05, 0.1) is 19.6 Å². The van der Waals surface area contributed by atoms with E-state index in [1.165, 1.54) is 14.0 Å². The Balaban J connectivity index is 2.22. The number of hydrogen-bond acceptors (Lipinski definition) is 4. The highest BCUT2D eigenvalue weighted by molar-refractivity contribution is 5.95. The average Bonchev–Trinajstić information content (AvgIpc) is 2.61. The molecule has 0 aliphatic carbocycles. The average molecular weight is 325 g/mol. The van der Waals surface area contributed by atoms with Crippen LogP contribution in [-0.2, 0) is 9.53 Å². The third-order valence-electron chi connectivity index (χ3n) is 3.66. The van der Waals surface area contributed by atoms with E-state index in [4.69, 9.17) is 4.74 Å². The van der Waals surface area contributed by atoms with Crippen LogP contribution in [0.15, 0.2) is 54.6 Å². The van der Waals surface area contributed by atoms with Gasteiger partial charge in [0.15, 0.2) is 5.78 Å². The zero-order valence-electron chi connectivity index (χ0n) is 13.6. The van der Waals surface area contributed by atoms with E-state index in [9.17, 15) is 14.4 Å². The smallest absolute Gasteiger partial charge is 0.307 e. The van der Waals surface area contributed by atoms with E-state index in [-0.39, 0.29) is 18.1 Å². The Morgan fingerprint density at radius 1 is 0.958 bits per heavy atom. The molecule has 0 aliphatic heterocycles. The van der Waals surface area contributed by atoms with Gasteiger partial charge in [-0.15, -0.1) is 0 Å². The molecule has 2 aromatic rings. The quantitative estimate of drug-likeness (QED) is 0.655. The van der Waals surface area contributed by atoms with Gasteiger partial charge < -0.3 is 10.1 Å². The van der Waals surface area contributed by atoms with Gasteiger partial charge in [0.1, 0.15) is 0 Å². The second-order valence-electron chi connectivity index (χ2n) is 5.35. The van der Waals surface area contributed by atoms with E-state index in [0.717, 1.165) is 5.56 Å². The van der Waals surface area contributed by atoms with Crippen LogP contribution in [0.5, 0.6) is 0 Å². The predicted octanol–water partition coefficient (Wildman–Crippen LogP) is 2.92. The first-order chi connectivity index (χ1) is 11.5. The first-order valence-corrected chi connectivity index (χ1v) is 7.55. The van der Waals surface area contributed by atoms with Crippen LogP contribution in [0.2, 0.25) is 0 Å². The second-order valence-corrected chi connectivity index (χ2v) is 5.35. The standard InChI is InChI=1S/C19H19NO4/c1-13(21)14-8-10-15(11-9-14)17(12-18(22)24-2)20-19(23)16-6-4-3-5-7-16/h3-11,17H,12H2,1-2H3,(H,20,23). The predicted molar refractivity (Wildman–Crippen MR) is 89.7 cm³/mol. The molecule has 5 heteroatoms.